The number of thiophene rings is 1. The van der Waals surface area contributed by atoms with E-state index >= 15 is 0 Å². The molecule has 1 amide bonds. The molecule has 2 aromatic rings. The predicted octanol–water partition coefficient (Wildman–Crippen LogP) is 3.88. The fraction of sp³-hybridized carbons (Fsp3) is 0.421. The summed E-state index contributed by atoms with van der Waals surface area (Å²) in [5, 5.41) is 8.68. The van der Waals surface area contributed by atoms with Gasteiger partial charge in [-0.3, -0.25) is 10.1 Å². The van der Waals surface area contributed by atoms with Gasteiger partial charge in [-0.2, -0.15) is 0 Å². The van der Waals surface area contributed by atoms with Crippen LogP contribution in [0.3, 0.4) is 0 Å². The van der Waals surface area contributed by atoms with E-state index in [9.17, 15) is 4.79 Å². The zero-order valence-electron chi connectivity index (χ0n) is 13.3. The minimum Gasteiger partial charge on any atom is -0.352 e. The van der Waals surface area contributed by atoms with E-state index in [-0.39, 0.29) is 11.9 Å². The summed E-state index contributed by atoms with van der Waals surface area (Å²) >= 11 is 1.72. The van der Waals surface area contributed by atoms with Gasteiger partial charge in [0.05, 0.1) is 12.6 Å². The van der Waals surface area contributed by atoms with Crippen molar-refractivity contribution in [1.82, 2.24) is 10.6 Å². The van der Waals surface area contributed by atoms with Crippen LogP contribution in [0.4, 0.5) is 0 Å². The fourth-order valence-electron chi connectivity index (χ4n) is 3.20. The van der Waals surface area contributed by atoms with Crippen LogP contribution in [0.15, 0.2) is 47.8 Å². The van der Waals surface area contributed by atoms with Crippen LogP contribution in [0.25, 0.3) is 0 Å². The van der Waals surface area contributed by atoms with Gasteiger partial charge in [0.1, 0.15) is 0 Å². The second kappa shape index (κ2) is 8.27. The van der Waals surface area contributed by atoms with Crippen molar-refractivity contribution in [3.05, 3.63) is 58.3 Å². The minimum atomic E-state index is 0.0771. The number of carbonyl (C=O) groups excluding carboxylic acids is 1. The first-order valence-corrected chi connectivity index (χ1v) is 9.32. The Morgan fingerprint density at radius 2 is 1.87 bits per heavy atom. The molecule has 1 aliphatic rings. The molecule has 0 bridgehead atoms. The number of rotatable bonds is 6. The minimum absolute atomic E-state index is 0.0771. The van der Waals surface area contributed by atoms with Gasteiger partial charge >= 0.3 is 0 Å². The highest BCUT2D eigenvalue weighted by atomic mass is 32.1. The van der Waals surface area contributed by atoms with E-state index in [0.29, 0.717) is 12.6 Å². The maximum atomic E-state index is 12.2. The second-order valence-corrected chi connectivity index (χ2v) is 7.12. The molecule has 4 heteroatoms. The van der Waals surface area contributed by atoms with Gasteiger partial charge in [-0.15, -0.1) is 11.3 Å². The van der Waals surface area contributed by atoms with Gasteiger partial charge in [0.15, 0.2) is 0 Å². The molecule has 1 atom stereocenters. The summed E-state index contributed by atoms with van der Waals surface area (Å²) in [4.78, 5) is 13.5. The summed E-state index contributed by atoms with van der Waals surface area (Å²) in [7, 11) is 0. The molecule has 23 heavy (non-hydrogen) atoms. The van der Waals surface area contributed by atoms with Crippen molar-refractivity contribution in [2.45, 2.75) is 44.2 Å². The normalized spacial score (nSPS) is 16.9. The van der Waals surface area contributed by atoms with Crippen molar-refractivity contribution < 1.29 is 4.79 Å². The highest BCUT2D eigenvalue weighted by Gasteiger charge is 2.18. The van der Waals surface area contributed by atoms with E-state index in [1.54, 1.807) is 11.3 Å². The second-order valence-electron chi connectivity index (χ2n) is 6.14. The van der Waals surface area contributed by atoms with Gasteiger partial charge in [0.2, 0.25) is 5.91 Å². The molecule has 1 fully saturated rings. The highest BCUT2D eigenvalue weighted by molar-refractivity contribution is 7.10. The highest BCUT2D eigenvalue weighted by Crippen LogP contribution is 2.25. The summed E-state index contributed by atoms with van der Waals surface area (Å²) < 4.78 is 0. The molecular weight excluding hydrogens is 304 g/mol. The van der Waals surface area contributed by atoms with E-state index in [2.05, 4.69) is 40.3 Å². The van der Waals surface area contributed by atoms with Crippen molar-refractivity contribution in [3.8, 4) is 0 Å². The molecule has 0 saturated heterocycles. The summed E-state index contributed by atoms with van der Waals surface area (Å²) in [5.41, 5.74) is 1.19. The van der Waals surface area contributed by atoms with Crippen molar-refractivity contribution >= 4 is 17.2 Å². The average Bonchev–Trinajstić information content (AvgIpc) is 3.11. The Morgan fingerprint density at radius 3 is 2.57 bits per heavy atom. The molecule has 0 aliphatic heterocycles. The molecule has 122 valence electrons. The van der Waals surface area contributed by atoms with Gasteiger partial charge in [0, 0.05) is 10.9 Å². The number of benzene rings is 1. The molecule has 3 rings (SSSR count). The summed E-state index contributed by atoms with van der Waals surface area (Å²) in [5.74, 6) is 0.106. The zero-order chi connectivity index (χ0) is 15.9. The van der Waals surface area contributed by atoms with Crippen LogP contribution in [0.1, 0.15) is 48.6 Å². The molecule has 1 heterocycles. The SMILES string of the molecule is O=C(CN[C@H](c1ccccc1)c1cccs1)NC1CCCCC1. The molecule has 2 N–H and O–H groups in total. The van der Waals surface area contributed by atoms with Crippen molar-refractivity contribution in [2.75, 3.05) is 6.54 Å². The van der Waals surface area contributed by atoms with Crippen LogP contribution >= 0.6 is 11.3 Å². The standard InChI is InChI=1S/C19H24N2OS/c22-18(21-16-10-5-2-6-11-16)14-20-19(17-12-7-13-23-17)15-8-3-1-4-9-15/h1,3-4,7-9,12-13,16,19-20H,2,5-6,10-11,14H2,(H,21,22)/t19-/m1/s1. The molecule has 1 saturated carbocycles. The maximum Gasteiger partial charge on any atom is 0.234 e. The molecular formula is C19H24N2OS. The third kappa shape index (κ3) is 4.66. The van der Waals surface area contributed by atoms with E-state index in [1.165, 1.54) is 29.7 Å². The third-order valence-electron chi connectivity index (χ3n) is 4.40. The van der Waals surface area contributed by atoms with Gasteiger partial charge < -0.3 is 5.32 Å². The molecule has 3 nitrogen and oxygen atoms in total. The first-order valence-electron chi connectivity index (χ1n) is 8.44. The van der Waals surface area contributed by atoms with Gasteiger partial charge in [0.25, 0.3) is 0 Å². The molecule has 1 aliphatic carbocycles. The maximum absolute atomic E-state index is 12.2. The summed E-state index contributed by atoms with van der Waals surface area (Å²) in [6.07, 6.45) is 6.02. The Labute approximate surface area is 142 Å². The summed E-state index contributed by atoms with van der Waals surface area (Å²) in [6, 6.07) is 14.9. The molecule has 1 aromatic carbocycles. The topological polar surface area (TPSA) is 41.1 Å². The Bertz CT molecular complexity index is 591. The van der Waals surface area contributed by atoms with Crippen LogP contribution < -0.4 is 10.6 Å². The average molecular weight is 328 g/mol. The quantitative estimate of drug-likeness (QED) is 0.845. The summed E-state index contributed by atoms with van der Waals surface area (Å²) in [6.45, 7) is 0.355. The van der Waals surface area contributed by atoms with Gasteiger partial charge in [-0.1, -0.05) is 55.7 Å². The number of amides is 1. The number of carbonyl (C=O) groups is 1. The molecule has 1 aromatic heterocycles. The van der Waals surface area contributed by atoms with Crippen LogP contribution in [-0.2, 0) is 4.79 Å². The third-order valence-corrected chi connectivity index (χ3v) is 5.33. The van der Waals surface area contributed by atoms with E-state index in [1.807, 2.05) is 18.2 Å². The van der Waals surface area contributed by atoms with Crippen molar-refractivity contribution in [1.29, 1.82) is 0 Å². The number of hydrogen-bond acceptors (Lipinski definition) is 3. The first kappa shape index (κ1) is 16.2. The lowest BCUT2D eigenvalue weighted by Crippen LogP contribution is -2.42. The number of nitrogens with one attached hydrogen (secondary N) is 2. The Balaban J connectivity index is 1.59. The lowest BCUT2D eigenvalue weighted by molar-refractivity contribution is -0.121. The smallest absolute Gasteiger partial charge is 0.234 e. The fourth-order valence-corrected chi connectivity index (χ4v) is 4.03. The van der Waals surface area contributed by atoms with Gasteiger partial charge in [-0.05, 0) is 29.9 Å². The molecule has 0 unspecified atom stereocenters. The Hall–Kier alpha value is -1.65. The Morgan fingerprint density at radius 1 is 1.09 bits per heavy atom. The van der Waals surface area contributed by atoms with E-state index in [0.717, 1.165) is 12.8 Å². The van der Waals surface area contributed by atoms with Crippen LogP contribution in [-0.4, -0.2) is 18.5 Å². The van der Waals surface area contributed by atoms with Crippen molar-refractivity contribution in [3.63, 3.8) is 0 Å². The molecule has 0 radical (unpaired) electrons. The zero-order valence-corrected chi connectivity index (χ0v) is 14.1. The van der Waals surface area contributed by atoms with Crippen LogP contribution in [0.5, 0.6) is 0 Å². The van der Waals surface area contributed by atoms with E-state index in [4.69, 9.17) is 0 Å². The molecule has 0 spiro atoms. The van der Waals surface area contributed by atoms with Crippen LogP contribution in [0, 0.1) is 0 Å². The lowest BCUT2D eigenvalue weighted by atomic mass is 9.95. The van der Waals surface area contributed by atoms with Crippen LogP contribution in [0.2, 0.25) is 0 Å². The lowest BCUT2D eigenvalue weighted by Gasteiger charge is -2.24. The predicted molar refractivity (Wildman–Crippen MR) is 95.6 cm³/mol. The van der Waals surface area contributed by atoms with Gasteiger partial charge in [-0.25, -0.2) is 0 Å². The monoisotopic (exact) mass is 328 g/mol. The Kier molecular flexibility index (Phi) is 5.83. The van der Waals surface area contributed by atoms with Crippen molar-refractivity contribution in [2.24, 2.45) is 0 Å². The van der Waals surface area contributed by atoms with E-state index < -0.39 is 0 Å². The number of hydrogen-bond donors (Lipinski definition) is 2. The first-order chi connectivity index (χ1) is 11.3. The largest absolute Gasteiger partial charge is 0.352 e.